The van der Waals surface area contributed by atoms with E-state index < -0.39 is 0 Å². The van der Waals surface area contributed by atoms with Crippen molar-refractivity contribution in [3.05, 3.63) is 29.3 Å². The predicted octanol–water partition coefficient (Wildman–Crippen LogP) is 5.38. The van der Waals surface area contributed by atoms with Crippen molar-refractivity contribution in [2.24, 2.45) is 5.41 Å². The van der Waals surface area contributed by atoms with E-state index in [9.17, 15) is 0 Å². The van der Waals surface area contributed by atoms with Crippen molar-refractivity contribution >= 4 is 23.4 Å². The molecule has 112 valence electrons. The maximum absolute atomic E-state index is 6.33. The minimum absolute atomic E-state index is 0.448. The lowest BCUT2D eigenvalue weighted by Crippen LogP contribution is -2.45. The Bertz CT molecular complexity index is 433. The molecule has 0 heterocycles. The second kappa shape index (κ2) is 7.20. The first-order valence-corrected chi connectivity index (χ1v) is 8.92. The molecule has 2 atom stereocenters. The van der Waals surface area contributed by atoms with Gasteiger partial charge < -0.3 is 5.32 Å². The fourth-order valence-electron chi connectivity index (χ4n) is 2.91. The van der Waals surface area contributed by atoms with Gasteiger partial charge in [-0.1, -0.05) is 44.5 Å². The molecule has 2 rings (SSSR count). The minimum atomic E-state index is 0.448. The number of rotatable bonds is 5. The lowest BCUT2D eigenvalue weighted by Gasteiger charge is -2.41. The normalized spacial score (nSPS) is 25.6. The van der Waals surface area contributed by atoms with Crippen LogP contribution in [0.3, 0.4) is 0 Å². The molecule has 0 radical (unpaired) electrons. The number of hydrogen-bond acceptors (Lipinski definition) is 2. The third-order valence-corrected chi connectivity index (χ3v) is 5.96. The molecular weight excluding hydrogens is 286 g/mol. The minimum Gasteiger partial charge on any atom is -0.313 e. The highest BCUT2D eigenvalue weighted by atomic mass is 35.5. The van der Waals surface area contributed by atoms with Crippen LogP contribution in [0.4, 0.5) is 0 Å². The van der Waals surface area contributed by atoms with E-state index in [1.165, 1.54) is 30.6 Å². The van der Waals surface area contributed by atoms with Crippen LogP contribution >= 0.6 is 23.4 Å². The van der Waals surface area contributed by atoms with Crippen molar-refractivity contribution < 1.29 is 0 Å². The predicted molar refractivity (Wildman–Crippen MR) is 90.8 cm³/mol. The first kappa shape index (κ1) is 16.2. The lowest BCUT2D eigenvalue weighted by molar-refractivity contribution is 0.214. The van der Waals surface area contributed by atoms with Crippen LogP contribution in [0.15, 0.2) is 29.2 Å². The van der Waals surface area contributed by atoms with Crippen LogP contribution in [0.5, 0.6) is 0 Å². The highest BCUT2D eigenvalue weighted by Gasteiger charge is 2.35. The zero-order valence-electron chi connectivity index (χ0n) is 12.8. The van der Waals surface area contributed by atoms with E-state index in [4.69, 9.17) is 11.6 Å². The molecule has 0 bridgehead atoms. The average molecular weight is 312 g/mol. The molecule has 1 saturated carbocycles. The molecule has 0 aliphatic heterocycles. The Labute approximate surface area is 132 Å². The Morgan fingerprint density at radius 1 is 1.35 bits per heavy atom. The first-order chi connectivity index (χ1) is 9.52. The van der Waals surface area contributed by atoms with Crippen LogP contribution in [0.25, 0.3) is 0 Å². The standard InChI is InChI=1S/C17H26ClNS/c1-4-11-19-14-9-10-17(2,3)12-16(14)20-15-8-6-5-7-13(15)18/h5-8,14,16,19H,4,9-12H2,1-3H3. The molecule has 1 fully saturated rings. The van der Waals surface area contributed by atoms with Gasteiger partial charge in [0.25, 0.3) is 0 Å². The molecule has 0 spiro atoms. The van der Waals surface area contributed by atoms with Gasteiger partial charge in [-0.2, -0.15) is 0 Å². The molecule has 20 heavy (non-hydrogen) atoms. The maximum atomic E-state index is 6.33. The quantitative estimate of drug-likeness (QED) is 0.783. The van der Waals surface area contributed by atoms with Gasteiger partial charge >= 0.3 is 0 Å². The highest BCUT2D eigenvalue weighted by molar-refractivity contribution is 8.00. The van der Waals surface area contributed by atoms with Crippen LogP contribution in [0, 0.1) is 5.41 Å². The smallest absolute Gasteiger partial charge is 0.0541 e. The van der Waals surface area contributed by atoms with Crippen molar-refractivity contribution in [3.8, 4) is 0 Å². The summed E-state index contributed by atoms with van der Waals surface area (Å²) >= 11 is 8.28. The summed E-state index contributed by atoms with van der Waals surface area (Å²) in [4.78, 5) is 1.22. The molecular formula is C17H26ClNS. The van der Waals surface area contributed by atoms with Gasteiger partial charge in [0, 0.05) is 16.2 Å². The number of benzene rings is 1. The summed E-state index contributed by atoms with van der Waals surface area (Å²) in [6.45, 7) is 8.13. The molecule has 3 heteroatoms. The second-order valence-electron chi connectivity index (χ2n) is 6.55. The van der Waals surface area contributed by atoms with Gasteiger partial charge in [0.2, 0.25) is 0 Å². The van der Waals surface area contributed by atoms with Crippen LogP contribution < -0.4 is 5.32 Å². The molecule has 2 unspecified atom stereocenters. The number of halogens is 1. The molecule has 1 aromatic carbocycles. The summed E-state index contributed by atoms with van der Waals surface area (Å²) in [7, 11) is 0. The molecule has 0 aromatic heterocycles. The van der Waals surface area contributed by atoms with E-state index in [1.807, 2.05) is 23.9 Å². The summed E-state index contributed by atoms with van der Waals surface area (Å²) in [6.07, 6.45) is 5.04. The van der Waals surface area contributed by atoms with Crippen molar-refractivity contribution in [2.75, 3.05) is 6.54 Å². The van der Waals surface area contributed by atoms with E-state index in [-0.39, 0.29) is 0 Å². The average Bonchev–Trinajstić information content (AvgIpc) is 2.40. The number of nitrogens with one attached hydrogen (secondary N) is 1. The van der Waals surface area contributed by atoms with E-state index in [1.54, 1.807) is 0 Å². The van der Waals surface area contributed by atoms with E-state index in [0.29, 0.717) is 16.7 Å². The topological polar surface area (TPSA) is 12.0 Å². The molecule has 1 nitrogen and oxygen atoms in total. The lowest BCUT2D eigenvalue weighted by atomic mass is 9.75. The molecule has 1 aliphatic rings. The molecule has 0 amide bonds. The van der Waals surface area contributed by atoms with Crippen molar-refractivity contribution in [1.29, 1.82) is 0 Å². The Morgan fingerprint density at radius 2 is 2.10 bits per heavy atom. The largest absolute Gasteiger partial charge is 0.313 e. The van der Waals surface area contributed by atoms with Gasteiger partial charge in [-0.05, 0) is 49.8 Å². The van der Waals surface area contributed by atoms with E-state index in [2.05, 4.69) is 38.2 Å². The number of hydrogen-bond donors (Lipinski definition) is 1. The Balaban J connectivity index is 2.08. The monoisotopic (exact) mass is 311 g/mol. The van der Waals surface area contributed by atoms with Crippen molar-refractivity contribution in [2.45, 2.75) is 62.6 Å². The van der Waals surface area contributed by atoms with Gasteiger partial charge in [-0.3, -0.25) is 0 Å². The van der Waals surface area contributed by atoms with Gasteiger partial charge in [0.1, 0.15) is 0 Å². The van der Waals surface area contributed by atoms with Crippen LogP contribution in [-0.2, 0) is 0 Å². The summed E-state index contributed by atoms with van der Waals surface area (Å²) in [6, 6.07) is 8.84. The van der Waals surface area contributed by atoms with Crippen molar-refractivity contribution in [3.63, 3.8) is 0 Å². The zero-order valence-corrected chi connectivity index (χ0v) is 14.4. The molecule has 0 saturated heterocycles. The van der Waals surface area contributed by atoms with E-state index >= 15 is 0 Å². The van der Waals surface area contributed by atoms with Crippen LogP contribution in [-0.4, -0.2) is 17.8 Å². The fraction of sp³-hybridized carbons (Fsp3) is 0.647. The summed E-state index contributed by atoms with van der Waals surface area (Å²) in [5, 5.41) is 5.24. The maximum Gasteiger partial charge on any atom is 0.0541 e. The van der Waals surface area contributed by atoms with Crippen molar-refractivity contribution in [1.82, 2.24) is 5.32 Å². The van der Waals surface area contributed by atoms with Gasteiger partial charge in [-0.25, -0.2) is 0 Å². The summed E-state index contributed by atoms with van der Waals surface area (Å²) < 4.78 is 0. The summed E-state index contributed by atoms with van der Waals surface area (Å²) in [5.74, 6) is 0. The SMILES string of the molecule is CCCNC1CCC(C)(C)CC1Sc1ccccc1Cl. The Hall–Kier alpha value is -0.180. The Morgan fingerprint density at radius 3 is 2.80 bits per heavy atom. The summed E-state index contributed by atoms with van der Waals surface area (Å²) in [5.41, 5.74) is 0.448. The van der Waals surface area contributed by atoms with Gasteiger partial charge in [0.15, 0.2) is 0 Å². The molecule has 1 aromatic rings. The molecule has 1 N–H and O–H groups in total. The van der Waals surface area contributed by atoms with Crippen LogP contribution in [0.1, 0.15) is 46.5 Å². The second-order valence-corrected chi connectivity index (χ2v) is 8.24. The fourth-order valence-corrected chi connectivity index (χ4v) is 4.78. The van der Waals surface area contributed by atoms with Crippen LogP contribution in [0.2, 0.25) is 5.02 Å². The first-order valence-electron chi connectivity index (χ1n) is 7.66. The Kier molecular flexibility index (Phi) is 5.83. The third-order valence-electron chi connectivity index (χ3n) is 4.11. The molecule has 1 aliphatic carbocycles. The third kappa shape index (κ3) is 4.41. The number of thioether (sulfide) groups is 1. The van der Waals surface area contributed by atoms with E-state index in [0.717, 1.165) is 11.6 Å². The van der Waals surface area contributed by atoms with Gasteiger partial charge in [-0.15, -0.1) is 11.8 Å². The zero-order chi connectivity index (χ0) is 14.6. The highest BCUT2D eigenvalue weighted by Crippen LogP contribution is 2.43. The van der Waals surface area contributed by atoms with Gasteiger partial charge in [0.05, 0.1) is 5.02 Å².